The molecule has 0 spiro atoms. The highest BCUT2D eigenvalue weighted by Crippen LogP contribution is 2.31. The summed E-state index contributed by atoms with van der Waals surface area (Å²) in [6.07, 6.45) is 6.24. The molecule has 0 aliphatic rings. The van der Waals surface area contributed by atoms with E-state index < -0.39 is 0 Å². The summed E-state index contributed by atoms with van der Waals surface area (Å²) in [6.45, 7) is 6.65. The monoisotopic (exact) mass is 311 g/mol. The topological polar surface area (TPSA) is 26.0 Å². The minimum Gasteiger partial charge on any atom is -0.324 e. The van der Waals surface area contributed by atoms with Crippen LogP contribution in [0.15, 0.2) is 22.7 Å². The Morgan fingerprint density at radius 3 is 2.61 bits per heavy atom. The molecule has 2 heteroatoms. The predicted molar refractivity (Wildman–Crippen MR) is 83.7 cm³/mol. The molecule has 1 rings (SSSR count). The Kier molecular flexibility index (Phi) is 6.95. The van der Waals surface area contributed by atoms with Crippen molar-refractivity contribution in [1.29, 1.82) is 0 Å². The highest BCUT2D eigenvalue weighted by atomic mass is 79.9. The molecule has 18 heavy (non-hydrogen) atoms. The summed E-state index contributed by atoms with van der Waals surface area (Å²) in [5.74, 6) is 0.757. The van der Waals surface area contributed by atoms with E-state index >= 15 is 0 Å². The molecule has 0 radical (unpaired) electrons. The normalized spacial score (nSPS) is 14.5. The van der Waals surface area contributed by atoms with Crippen molar-refractivity contribution in [1.82, 2.24) is 0 Å². The van der Waals surface area contributed by atoms with Crippen molar-refractivity contribution in [3.8, 4) is 0 Å². The molecule has 1 nitrogen and oxygen atoms in total. The fourth-order valence-corrected chi connectivity index (χ4v) is 2.98. The second-order valence-corrected chi connectivity index (χ2v) is 6.03. The first-order valence-corrected chi connectivity index (χ1v) is 7.90. The van der Waals surface area contributed by atoms with Gasteiger partial charge < -0.3 is 5.73 Å². The molecule has 0 bridgehead atoms. The quantitative estimate of drug-likeness (QED) is 0.720. The molecule has 2 atom stereocenters. The molecule has 102 valence electrons. The van der Waals surface area contributed by atoms with Gasteiger partial charge in [0.05, 0.1) is 0 Å². The summed E-state index contributed by atoms with van der Waals surface area (Å²) in [7, 11) is 0. The Balaban J connectivity index is 2.68. The van der Waals surface area contributed by atoms with Crippen molar-refractivity contribution in [2.24, 2.45) is 11.7 Å². The molecule has 0 saturated carbocycles. The van der Waals surface area contributed by atoms with Gasteiger partial charge >= 0.3 is 0 Å². The maximum atomic E-state index is 6.38. The molecule has 1 aromatic rings. The van der Waals surface area contributed by atoms with Crippen LogP contribution in [0.3, 0.4) is 0 Å². The lowest BCUT2D eigenvalue weighted by Gasteiger charge is -2.21. The molecule has 0 saturated heterocycles. The summed E-state index contributed by atoms with van der Waals surface area (Å²) >= 11 is 3.67. The Hall–Kier alpha value is -0.340. The number of hydrogen-bond donors (Lipinski definition) is 1. The summed E-state index contributed by atoms with van der Waals surface area (Å²) in [5, 5.41) is 0. The molecule has 0 heterocycles. The highest BCUT2D eigenvalue weighted by molar-refractivity contribution is 9.10. The molecule has 2 unspecified atom stereocenters. The molecule has 2 N–H and O–H groups in total. The molecule has 0 fully saturated rings. The third kappa shape index (κ3) is 4.40. The van der Waals surface area contributed by atoms with Crippen LogP contribution in [0, 0.1) is 12.8 Å². The molecular formula is C16H26BrN. The van der Waals surface area contributed by atoms with E-state index in [9.17, 15) is 0 Å². The number of nitrogens with two attached hydrogens (primary N) is 1. The standard InChI is InChI=1S/C16H26BrN/c1-4-6-9-13(5-2)11-15(18)14-10-7-8-12(3)16(14)17/h7-8,10,13,15H,4-6,9,11,18H2,1-3H3. The zero-order valence-corrected chi connectivity index (χ0v) is 13.5. The van der Waals surface area contributed by atoms with Crippen molar-refractivity contribution in [3.63, 3.8) is 0 Å². The largest absolute Gasteiger partial charge is 0.324 e. The van der Waals surface area contributed by atoms with Crippen molar-refractivity contribution in [2.45, 2.75) is 58.9 Å². The van der Waals surface area contributed by atoms with Crippen LogP contribution in [0.25, 0.3) is 0 Å². The number of halogens is 1. The van der Waals surface area contributed by atoms with Crippen molar-refractivity contribution in [3.05, 3.63) is 33.8 Å². The SMILES string of the molecule is CCCCC(CC)CC(N)c1cccc(C)c1Br. The summed E-state index contributed by atoms with van der Waals surface area (Å²) in [5.41, 5.74) is 8.91. The predicted octanol–water partition coefficient (Wildman–Crippen LogP) is 5.36. The van der Waals surface area contributed by atoms with E-state index in [0.717, 1.165) is 12.3 Å². The van der Waals surface area contributed by atoms with Gasteiger partial charge in [-0.25, -0.2) is 0 Å². The van der Waals surface area contributed by atoms with Gasteiger partial charge in [-0.05, 0) is 30.4 Å². The van der Waals surface area contributed by atoms with Gasteiger partial charge in [-0.3, -0.25) is 0 Å². The van der Waals surface area contributed by atoms with Crippen LogP contribution in [-0.4, -0.2) is 0 Å². The summed E-state index contributed by atoms with van der Waals surface area (Å²) in [4.78, 5) is 0. The van der Waals surface area contributed by atoms with Gasteiger partial charge in [-0.1, -0.05) is 73.7 Å². The first-order valence-electron chi connectivity index (χ1n) is 7.10. The number of benzene rings is 1. The van der Waals surface area contributed by atoms with Crippen LogP contribution in [0.4, 0.5) is 0 Å². The fraction of sp³-hybridized carbons (Fsp3) is 0.625. The van der Waals surface area contributed by atoms with E-state index in [4.69, 9.17) is 5.73 Å². The number of unbranched alkanes of at least 4 members (excludes halogenated alkanes) is 1. The lowest BCUT2D eigenvalue weighted by molar-refractivity contribution is 0.388. The van der Waals surface area contributed by atoms with E-state index in [2.05, 4.69) is 54.9 Å². The number of aryl methyl sites for hydroxylation is 1. The van der Waals surface area contributed by atoms with E-state index in [-0.39, 0.29) is 6.04 Å². The minimum absolute atomic E-state index is 0.154. The van der Waals surface area contributed by atoms with E-state index in [1.165, 1.54) is 41.3 Å². The Labute approximate surface area is 120 Å². The maximum absolute atomic E-state index is 6.38. The third-order valence-corrected chi connectivity index (χ3v) is 4.83. The highest BCUT2D eigenvalue weighted by Gasteiger charge is 2.16. The summed E-state index contributed by atoms with van der Waals surface area (Å²) < 4.78 is 1.18. The Morgan fingerprint density at radius 2 is 2.00 bits per heavy atom. The van der Waals surface area contributed by atoms with Crippen LogP contribution >= 0.6 is 15.9 Å². The fourth-order valence-electron chi connectivity index (χ4n) is 2.42. The minimum atomic E-state index is 0.154. The number of rotatable bonds is 7. The van der Waals surface area contributed by atoms with Gasteiger partial charge in [0.15, 0.2) is 0 Å². The van der Waals surface area contributed by atoms with Crippen LogP contribution in [0.1, 0.15) is 63.1 Å². The molecular weight excluding hydrogens is 286 g/mol. The van der Waals surface area contributed by atoms with Crippen LogP contribution < -0.4 is 5.73 Å². The summed E-state index contributed by atoms with van der Waals surface area (Å²) in [6, 6.07) is 6.52. The zero-order chi connectivity index (χ0) is 13.5. The number of hydrogen-bond acceptors (Lipinski definition) is 1. The molecule has 0 amide bonds. The van der Waals surface area contributed by atoms with Gasteiger partial charge in [0.2, 0.25) is 0 Å². The van der Waals surface area contributed by atoms with Gasteiger partial charge in [-0.15, -0.1) is 0 Å². The Bertz CT molecular complexity index is 362. The van der Waals surface area contributed by atoms with Gasteiger partial charge in [0.25, 0.3) is 0 Å². The molecule has 0 aliphatic heterocycles. The van der Waals surface area contributed by atoms with Crippen LogP contribution in [-0.2, 0) is 0 Å². The lowest BCUT2D eigenvalue weighted by atomic mass is 9.89. The second-order valence-electron chi connectivity index (χ2n) is 5.24. The van der Waals surface area contributed by atoms with E-state index in [1.54, 1.807) is 0 Å². The smallest absolute Gasteiger partial charge is 0.0308 e. The molecule has 0 aliphatic carbocycles. The molecule has 0 aromatic heterocycles. The van der Waals surface area contributed by atoms with E-state index in [0.29, 0.717) is 0 Å². The third-order valence-electron chi connectivity index (χ3n) is 3.75. The first kappa shape index (κ1) is 15.7. The van der Waals surface area contributed by atoms with Crippen LogP contribution in [0.2, 0.25) is 0 Å². The van der Waals surface area contributed by atoms with Gasteiger partial charge in [0.1, 0.15) is 0 Å². The van der Waals surface area contributed by atoms with Gasteiger partial charge in [0, 0.05) is 10.5 Å². The lowest BCUT2D eigenvalue weighted by Crippen LogP contribution is -2.16. The Morgan fingerprint density at radius 1 is 1.28 bits per heavy atom. The average Bonchev–Trinajstić information content (AvgIpc) is 2.37. The average molecular weight is 312 g/mol. The van der Waals surface area contributed by atoms with Crippen molar-refractivity contribution < 1.29 is 0 Å². The van der Waals surface area contributed by atoms with Crippen LogP contribution in [0.5, 0.6) is 0 Å². The second kappa shape index (κ2) is 7.96. The first-order chi connectivity index (χ1) is 8.60. The van der Waals surface area contributed by atoms with Gasteiger partial charge in [-0.2, -0.15) is 0 Å². The molecule has 1 aromatic carbocycles. The van der Waals surface area contributed by atoms with E-state index in [1.807, 2.05) is 0 Å². The maximum Gasteiger partial charge on any atom is 0.0308 e. The van der Waals surface area contributed by atoms with Crippen molar-refractivity contribution in [2.75, 3.05) is 0 Å². The van der Waals surface area contributed by atoms with Crippen molar-refractivity contribution >= 4 is 15.9 Å². The zero-order valence-electron chi connectivity index (χ0n) is 11.9.